The highest BCUT2D eigenvalue weighted by molar-refractivity contribution is 5.84. The first-order valence-corrected chi connectivity index (χ1v) is 5.35. The van der Waals surface area contributed by atoms with Crippen molar-refractivity contribution in [2.45, 2.75) is 26.1 Å². The summed E-state index contributed by atoms with van der Waals surface area (Å²) in [6, 6.07) is 4.32. The molecule has 92 valence electrons. The van der Waals surface area contributed by atoms with Crippen LogP contribution in [0.2, 0.25) is 0 Å². The zero-order chi connectivity index (χ0) is 12.5. The van der Waals surface area contributed by atoms with Gasteiger partial charge in [-0.25, -0.2) is 0 Å². The second-order valence-electron chi connectivity index (χ2n) is 3.82. The van der Waals surface area contributed by atoms with Crippen LogP contribution in [0.3, 0.4) is 0 Å². The standard InChI is InChI=1S/C12H12F3NO/c1-2-3-8-7-16-11-5-4-9(6-10(8)11)17-12(13,14)15/h4-7,16H,2-3H2,1H3. The third kappa shape index (κ3) is 2.72. The van der Waals surface area contributed by atoms with Crippen molar-refractivity contribution >= 4 is 10.9 Å². The van der Waals surface area contributed by atoms with E-state index in [0.29, 0.717) is 0 Å². The molecule has 0 unspecified atom stereocenters. The molecule has 0 atom stereocenters. The Labute approximate surface area is 96.4 Å². The van der Waals surface area contributed by atoms with Gasteiger partial charge >= 0.3 is 6.36 Å². The summed E-state index contributed by atoms with van der Waals surface area (Å²) in [6.45, 7) is 2.02. The number of halogens is 3. The first-order valence-electron chi connectivity index (χ1n) is 5.35. The molecule has 1 aromatic carbocycles. The van der Waals surface area contributed by atoms with Crippen LogP contribution in [0.4, 0.5) is 13.2 Å². The van der Waals surface area contributed by atoms with E-state index >= 15 is 0 Å². The number of rotatable bonds is 3. The Bertz CT molecular complexity index is 516. The van der Waals surface area contributed by atoms with E-state index in [1.54, 1.807) is 6.07 Å². The SMILES string of the molecule is CCCc1c[nH]c2ccc(OC(F)(F)F)cc12. The quantitative estimate of drug-likeness (QED) is 0.865. The summed E-state index contributed by atoms with van der Waals surface area (Å²) in [4.78, 5) is 3.03. The van der Waals surface area contributed by atoms with Crippen molar-refractivity contribution in [3.63, 3.8) is 0 Å². The summed E-state index contributed by atoms with van der Waals surface area (Å²) >= 11 is 0. The van der Waals surface area contributed by atoms with Crippen LogP contribution < -0.4 is 4.74 Å². The first kappa shape index (κ1) is 11.8. The molecular formula is C12H12F3NO. The fourth-order valence-corrected chi connectivity index (χ4v) is 1.83. The highest BCUT2D eigenvalue weighted by Crippen LogP contribution is 2.28. The molecule has 2 rings (SSSR count). The molecule has 0 amide bonds. The van der Waals surface area contributed by atoms with Gasteiger partial charge < -0.3 is 9.72 Å². The maximum atomic E-state index is 12.1. The van der Waals surface area contributed by atoms with Crippen LogP contribution in [-0.4, -0.2) is 11.3 Å². The van der Waals surface area contributed by atoms with E-state index in [1.807, 2.05) is 13.1 Å². The fourth-order valence-electron chi connectivity index (χ4n) is 1.83. The lowest BCUT2D eigenvalue weighted by Crippen LogP contribution is -2.16. The Hall–Kier alpha value is -1.65. The Morgan fingerprint density at radius 1 is 1.29 bits per heavy atom. The van der Waals surface area contributed by atoms with E-state index in [2.05, 4.69) is 9.72 Å². The smallest absolute Gasteiger partial charge is 0.406 e. The van der Waals surface area contributed by atoms with E-state index in [-0.39, 0.29) is 5.75 Å². The molecule has 0 spiro atoms. The van der Waals surface area contributed by atoms with Crippen molar-refractivity contribution < 1.29 is 17.9 Å². The number of hydrogen-bond acceptors (Lipinski definition) is 1. The molecule has 0 saturated heterocycles. The van der Waals surface area contributed by atoms with Gasteiger partial charge in [0.15, 0.2) is 0 Å². The summed E-state index contributed by atoms with van der Waals surface area (Å²) in [6.07, 6.45) is -1.05. The molecule has 1 N–H and O–H groups in total. The van der Waals surface area contributed by atoms with Crippen LogP contribution in [0.5, 0.6) is 5.75 Å². The molecule has 0 fully saturated rings. The lowest BCUT2D eigenvalue weighted by molar-refractivity contribution is -0.274. The number of alkyl halides is 3. The third-order valence-electron chi connectivity index (χ3n) is 2.49. The third-order valence-corrected chi connectivity index (χ3v) is 2.49. The molecule has 0 aliphatic heterocycles. The molecule has 17 heavy (non-hydrogen) atoms. The van der Waals surface area contributed by atoms with Crippen molar-refractivity contribution in [3.8, 4) is 5.75 Å². The zero-order valence-corrected chi connectivity index (χ0v) is 9.27. The molecule has 0 bridgehead atoms. The largest absolute Gasteiger partial charge is 0.573 e. The van der Waals surface area contributed by atoms with Gasteiger partial charge in [0, 0.05) is 17.1 Å². The highest BCUT2D eigenvalue weighted by Gasteiger charge is 2.31. The van der Waals surface area contributed by atoms with Gasteiger partial charge in [0.05, 0.1) is 0 Å². The predicted octanol–water partition coefficient (Wildman–Crippen LogP) is 4.02. The molecule has 0 radical (unpaired) electrons. The Balaban J connectivity index is 2.37. The Morgan fingerprint density at radius 2 is 2.06 bits per heavy atom. The average molecular weight is 243 g/mol. The van der Waals surface area contributed by atoms with Gasteiger partial charge in [-0.1, -0.05) is 13.3 Å². The van der Waals surface area contributed by atoms with Crippen molar-refractivity contribution in [3.05, 3.63) is 30.0 Å². The number of nitrogens with one attached hydrogen (secondary N) is 1. The van der Waals surface area contributed by atoms with E-state index in [0.717, 1.165) is 29.3 Å². The van der Waals surface area contributed by atoms with Crippen LogP contribution >= 0.6 is 0 Å². The molecule has 5 heteroatoms. The predicted molar refractivity (Wildman–Crippen MR) is 59.0 cm³/mol. The fraction of sp³-hybridized carbons (Fsp3) is 0.333. The van der Waals surface area contributed by atoms with E-state index in [4.69, 9.17) is 0 Å². The Kier molecular flexibility index (Phi) is 3.00. The van der Waals surface area contributed by atoms with E-state index in [1.165, 1.54) is 12.1 Å². The van der Waals surface area contributed by atoms with Gasteiger partial charge in [-0.2, -0.15) is 0 Å². The summed E-state index contributed by atoms with van der Waals surface area (Å²) in [7, 11) is 0. The minimum absolute atomic E-state index is 0.179. The first-order chi connectivity index (χ1) is 7.99. The van der Waals surface area contributed by atoms with E-state index in [9.17, 15) is 13.2 Å². The number of ether oxygens (including phenoxy) is 1. The molecule has 0 aliphatic rings. The lowest BCUT2D eigenvalue weighted by atomic mass is 10.1. The van der Waals surface area contributed by atoms with Crippen molar-refractivity contribution in [1.29, 1.82) is 0 Å². The number of H-pyrrole nitrogens is 1. The second kappa shape index (κ2) is 4.31. The van der Waals surface area contributed by atoms with Crippen molar-refractivity contribution in [1.82, 2.24) is 4.98 Å². The van der Waals surface area contributed by atoms with E-state index < -0.39 is 6.36 Å². The monoisotopic (exact) mass is 243 g/mol. The average Bonchev–Trinajstić information content (AvgIpc) is 2.59. The van der Waals surface area contributed by atoms with Crippen LogP contribution in [0.15, 0.2) is 24.4 Å². The van der Waals surface area contributed by atoms with Gasteiger partial charge in [-0.15, -0.1) is 13.2 Å². The Morgan fingerprint density at radius 3 is 2.71 bits per heavy atom. The zero-order valence-electron chi connectivity index (χ0n) is 9.27. The van der Waals surface area contributed by atoms with Crippen LogP contribution in [0, 0.1) is 0 Å². The number of benzene rings is 1. The second-order valence-corrected chi connectivity index (χ2v) is 3.82. The van der Waals surface area contributed by atoms with Crippen molar-refractivity contribution in [2.24, 2.45) is 0 Å². The molecule has 2 aromatic rings. The normalized spacial score (nSPS) is 12.0. The van der Waals surface area contributed by atoms with Gasteiger partial charge in [-0.3, -0.25) is 0 Å². The van der Waals surface area contributed by atoms with Gasteiger partial charge in [-0.05, 0) is 30.2 Å². The highest BCUT2D eigenvalue weighted by atomic mass is 19.4. The number of hydrogen-bond donors (Lipinski definition) is 1. The number of aromatic amines is 1. The summed E-state index contributed by atoms with van der Waals surface area (Å²) in [5, 5.41) is 0.786. The molecular weight excluding hydrogens is 231 g/mol. The maximum absolute atomic E-state index is 12.1. The van der Waals surface area contributed by atoms with Gasteiger partial charge in [0.1, 0.15) is 5.75 Å². The molecule has 0 aliphatic carbocycles. The lowest BCUT2D eigenvalue weighted by Gasteiger charge is -2.08. The van der Waals surface area contributed by atoms with Crippen LogP contribution in [-0.2, 0) is 6.42 Å². The minimum atomic E-state index is -4.64. The molecule has 2 nitrogen and oxygen atoms in total. The van der Waals surface area contributed by atoms with Crippen LogP contribution in [0.25, 0.3) is 10.9 Å². The number of fused-ring (bicyclic) bond motifs is 1. The van der Waals surface area contributed by atoms with Crippen LogP contribution in [0.1, 0.15) is 18.9 Å². The maximum Gasteiger partial charge on any atom is 0.573 e. The number of aromatic nitrogens is 1. The molecule has 1 aromatic heterocycles. The summed E-state index contributed by atoms with van der Waals surface area (Å²) < 4.78 is 40.2. The minimum Gasteiger partial charge on any atom is -0.406 e. The molecule has 0 saturated carbocycles. The van der Waals surface area contributed by atoms with Crippen molar-refractivity contribution in [2.75, 3.05) is 0 Å². The van der Waals surface area contributed by atoms with Gasteiger partial charge in [0.25, 0.3) is 0 Å². The summed E-state index contributed by atoms with van der Waals surface area (Å²) in [5.41, 5.74) is 1.83. The summed E-state index contributed by atoms with van der Waals surface area (Å²) in [5.74, 6) is -0.179. The molecule has 1 heterocycles. The van der Waals surface area contributed by atoms with Gasteiger partial charge in [0.2, 0.25) is 0 Å². The topological polar surface area (TPSA) is 25.0 Å². The number of aryl methyl sites for hydroxylation is 1.